The number of piperidine rings is 1. The molecule has 0 aromatic heterocycles. The third kappa shape index (κ3) is 3.11. The van der Waals surface area contributed by atoms with Crippen LogP contribution in [0.15, 0.2) is 48.5 Å². The zero-order valence-corrected chi connectivity index (χ0v) is 17.2. The zero-order valence-electron chi connectivity index (χ0n) is 17.2. The van der Waals surface area contributed by atoms with Crippen molar-refractivity contribution in [1.82, 2.24) is 4.90 Å². The third-order valence-electron chi connectivity index (χ3n) is 6.72. The number of nitrogens with zero attached hydrogens (tertiary/aromatic N) is 2. The SMILES string of the molecule is COc1ccc(C2(C(=O)N3CCC(N4C(=O)OCc5ccccc54)CC3)CC2)cc1. The van der Waals surface area contributed by atoms with Gasteiger partial charge in [0.1, 0.15) is 12.4 Å². The van der Waals surface area contributed by atoms with Crippen molar-refractivity contribution < 1.29 is 19.1 Å². The van der Waals surface area contributed by atoms with Gasteiger partial charge in [0.25, 0.3) is 0 Å². The third-order valence-corrected chi connectivity index (χ3v) is 6.72. The van der Waals surface area contributed by atoms with Crippen molar-refractivity contribution in [2.75, 3.05) is 25.1 Å². The molecule has 0 unspecified atom stereocenters. The maximum Gasteiger partial charge on any atom is 0.414 e. The summed E-state index contributed by atoms with van der Waals surface area (Å²) in [5, 5.41) is 0. The molecule has 5 rings (SSSR count). The van der Waals surface area contributed by atoms with Crippen LogP contribution in [0.4, 0.5) is 10.5 Å². The van der Waals surface area contributed by atoms with Crippen LogP contribution in [0, 0.1) is 0 Å². The van der Waals surface area contributed by atoms with Gasteiger partial charge >= 0.3 is 6.09 Å². The lowest BCUT2D eigenvalue weighted by Crippen LogP contribution is -2.52. The molecule has 6 nitrogen and oxygen atoms in total. The molecular formula is C24H26N2O4. The highest BCUT2D eigenvalue weighted by Crippen LogP contribution is 2.50. The highest BCUT2D eigenvalue weighted by Gasteiger charge is 2.53. The number of rotatable bonds is 4. The molecule has 156 valence electrons. The number of anilines is 1. The average molecular weight is 406 g/mol. The van der Waals surface area contributed by atoms with E-state index in [4.69, 9.17) is 9.47 Å². The van der Waals surface area contributed by atoms with Crippen LogP contribution >= 0.6 is 0 Å². The smallest absolute Gasteiger partial charge is 0.414 e. The Bertz CT molecular complexity index is 959. The second-order valence-electron chi connectivity index (χ2n) is 8.39. The number of carbonyl (C=O) groups is 2. The Morgan fingerprint density at radius 1 is 1.07 bits per heavy atom. The van der Waals surface area contributed by atoms with Crippen molar-refractivity contribution in [2.24, 2.45) is 0 Å². The van der Waals surface area contributed by atoms with Crippen LogP contribution in [-0.4, -0.2) is 43.1 Å². The molecule has 0 radical (unpaired) electrons. The summed E-state index contributed by atoms with van der Waals surface area (Å²) in [5.41, 5.74) is 2.67. The summed E-state index contributed by atoms with van der Waals surface area (Å²) in [6.07, 6.45) is 3.02. The Morgan fingerprint density at radius 3 is 2.43 bits per heavy atom. The molecule has 2 amide bonds. The van der Waals surface area contributed by atoms with Crippen LogP contribution in [0.3, 0.4) is 0 Å². The fraction of sp³-hybridized carbons (Fsp3) is 0.417. The molecule has 1 saturated heterocycles. The van der Waals surface area contributed by atoms with Gasteiger partial charge in [-0.25, -0.2) is 4.79 Å². The fourth-order valence-corrected chi connectivity index (χ4v) is 4.81. The first-order chi connectivity index (χ1) is 14.6. The maximum atomic E-state index is 13.4. The fourth-order valence-electron chi connectivity index (χ4n) is 4.81. The lowest BCUT2D eigenvalue weighted by molar-refractivity contribution is -0.135. The van der Waals surface area contributed by atoms with Gasteiger partial charge in [-0.3, -0.25) is 9.69 Å². The van der Waals surface area contributed by atoms with E-state index < -0.39 is 0 Å². The second-order valence-corrected chi connectivity index (χ2v) is 8.39. The molecule has 2 heterocycles. The molecule has 3 aliphatic rings. The number of cyclic esters (lactones) is 1. The van der Waals surface area contributed by atoms with E-state index in [0.717, 1.165) is 48.2 Å². The number of hydrogen-bond donors (Lipinski definition) is 0. The molecule has 2 aliphatic heterocycles. The van der Waals surface area contributed by atoms with Gasteiger partial charge in [-0.2, -0.15) is 0 Å². The van der Waals surface area contributed by atoms with E-state index in [2.05, 4.69) is 0 Å². The Balaban J connectivity index is 1.28. The van der Waals surface area contributed by atoms with Gasteiger partial charge in [0.2, 0.25) is 5.91 Å². The molecule has 30 heavy (non-hydrogen) atoms. The second kappa shape index (κ2) is 7.35. The number of likely N-dealkylation sites (tertiary alicyclic amines) is 1. The molecule has 0 spiro atoms. The molecule has 0 bridgehead atoms. The molecule has 2 aromatic rings. The molecule has 1 aliphatic carbocycles. The Hall–Kier alpha value is -3.02. The minimum Gasteiger partial charge on any atom is -0.497 e. The Labute approximate surface area is 176 Å². The highest BCUT2D eigenvalue weighted by molar-refractivity contribution is 5.92. The van der Waals surface area contributed by atoms with E-state index in [1.54, 1.807) is 12.0 Å². The van der Waals surface area contributed by atoms with E-state index >= 15 is 0 Å². The average Bonchev–Trinajstić information content (AvgIpc) is 3.61. The minimum atomic E-state index is -0.379. The van der Waals surface area contributed by atoms with Crippen LogP contribution < -0.4 is 9.64 Å². The van der Waals surface area contributed by atoms with Gasteiger partial charge in [0, 0.05) is 24.7 Å². The molecule has 6 heteroatoms. The van der Waals surface area contributed by atoms with Gasteiger partial charge in [0.15, 0.2) is 0 Å². The van der Waals surface area contributed by atoms with Crippen molar-refractivity contribution >= 4 is 17.7 Å². The van der Waals surface area contributed by atoms with E-state index in [0.29, 0.717) is 19.7 Å². The lowest BCUT2D eigenvalue weighted by atomic mass is 9.92. The largest absolute Gasteiger partial charge is 0.497 e. The molecule has 2 aromatic carbocycles. The maximum absolute atomic E-state index is 13.4. The predicted octanol–water partition coefficient (Wildman–Crippen LogP) is 3.87. The number of para-hydroxylation sites is 1. The molecule has 2 fully saturated rings. The van der Waals surface area contributed by atoms with Gasteiger partial charge in [0.05, 0.1) is 18.2 Å². The topological polar surface area (TPSA) is 59.1 Å². The summed E-state index contributed by atoms with van der Waals surface area (Å²) in [6.45, 7) is 1.65. The van der Waals surface area contributed by atoms with Crippen molar-refractivity contribution in [3.8, 4) is 5.75 Å². The van der Waals surface area contributed by atoms with Crippen molar-refractivity contribution in [1.29, 1.82) is 0 Å². The molecular weight excluding hydrogens is 380 g/mol. The van der Waals surface area contributed by atoms with Gasteiger partial charge in [-0.1, -0.05) is 30.3 Å². The van der Waals surface area contributed by atoms with Crippen LogP contribution in [0.5, 0.6) is 5.75 Å². The number of methoxy groups -OCH3 is 1. The van der Waals surface area contributed by atoms with Crippen molar-refractivity contribution in [3.63, 3.8) is 0 Å². The summed E-state index contributed by atoms with van der Waals surface area (Å²) < 4.78 is 10.6. The van der Waals surface area contributed by atoms with E-state index in [1.165, 1.54) is 0 Å². The first-order valence-electron chi connectivity index (χ1n) is 10.6. The Kier molecular flexibility index (Phi) is 4.65. The molecule has 1 saturated carbocycles. The molecule has 0 atom stereocenters. The van der Waals surface area contributed by atoms with Crippen LogP contribution in [0.2, 0.25) is 0 Å². The van der Waals surface area contributed by atoms with Crippen LogP contribution in [0.1, 0.15) is 36.8 Å². The van der Waals surface area contributed by atoms with Gasteiger partial charge in [-0.15, -0.1) is 0 Å². The quantitative estimate of drug-likeness (QED) is 0.773. The first kappa shape index (κ1) is 19.0. The number of carbonyl (C=O) groups excluding carboxylic acids is 2. The number of hydrogen-bond acceptors (Lipinski definition) is 4. The first-order valence-corrected chi connectivity index (χ1v) is 10.6. The number of amides is 2. The van der Waals surface area contributed by atoms with E-state index in [9.17, 15) is 9.59 Å². The van der Waals surface area contributed by atoms with E-state index in [-0.39, 0.29) is 23.5 Å². The van der Waals surface area contributed by atoms with Gasteiger partial charge in [-0.05, 0) is 49.4 Å². The highest BCUT2D eigenvalue weighted by atomic mass is 16.6. The van der Waals surface area contributed by atoms with Crippen LogP contribution in [-0.2, 0) is 21.6 Å². The zero-order chi connectivity index (χ0) is 20.7. The Morgan fingerprint density at radius 2 is 1.77 bits per heavy atom. The summed E-state index contributed by atoms with van der Waals surface area (Å²) in [7, 11) is 1.65. The molecule has 0 N–H and O–H groups in total. The minimum absolute atomic E-state index is 0.0548. The number of ether oxygens (including phenoxy) is 2. The summed E-state index contributed by atoms with van der Waals surface area (Å²) in [5.74, 6) is 1.02. The predicted molar refractivity (Wildman–Crippen MR) is 113 cm³/mol. The van der Waals surface area contributed by atoms with E-state index in [1.807, 2.05) is 53.4 Å². The normalized spacial score (nSPS) is 20.4. The summed E-state index contributed by atoms with van der Waals surface area (Å²) in [4.78, 5) is 29.6. The van der Waals surface area contributed by atoms with Crippen molar-refractivity contribution in [2.45, 2.75) is 43.7 Å². The number of benzene rings is 2. The van der Waals surface area contributed by atoms with Gasteiger partial charge < -0.3 is 14.4 Å². The van der Waals surface area contributed by atoms with Crippen molar-refractivity contribution in [3.05, 3.63) is 59.7 Å². The number of fused-ring (bicyclic) bond motifs is 1. The lowest BCUT2D eigenvalue weighted by Gasteiger charge is -2.41. The van der Waals surface area contributed by atoms with Crippen LogP contribution in [0.25, 0.3) is 0 Å². The summed E-state index contributed by atoms with van der Waals surface area (Å²) >= 11 is 0. The monoisotopic (exact) mass is 406 g/mol. The standard InChI is InChI=1S/C24H26N2O4/c1-29-20-8-6-18(7-9-20)24(12-13-24)22(27)25-14-10-19(11-15-25)26-21-5-3-2-4-17(21)16-30-23(26)28/h2-9,19H,10-16H2,1H3. The summed E-state index contributed by atoms with van der Waals surface area (Å²) in [6, 6.07) is 15.8.